The normalized spacial score (nSPS) is 21.0. The number of anilines is 1. The molecule has 2 aliphatic rings. The monoisotopic (exact) mass is 372 g/mol. The van der Waals surface area contributed by atoms with E-state index in [4.69, 9.17) is 0 Å². The van der Waals surface area contributed by atoms with Gasteiger partial charge in [-0.05, 0) is 51.5 Å². The fourth-order valence-electron chi connectivity index (χ4n) is 4.02. The van der Waals surface area contributed by atoms with Gasteiger partial charge in [-0.3, -0.25) is 14.5 Å². The van der Waals surface area contributed by atoms with E-state index in [1.54, 1.807) is 0 Å². The molecule has 0 aromatic heterocycles. The van der Waals surface area contributed by atoms with E-state index in [0.29, 0.717) is 0 Å². The van der Waals surface area contributed by atoms with Gasteiger partial charge >= 0.3 is 0 Å². The minimum atomic E-state index is -0.101. The molecule has 1 aromatic carbocycles. The fraction of sp³-hybridized carbons (Fsp3) is 0.619. The number of nitrogens with zero attached hydrogens (tertiary/aromatic N) is 3. The zero-order valence-corrected chi connectivity index (χ0v) is 16.6. The van der Waals surface area contributed by atoms with Crippen LogP contribution in [0.5, 0.6) is 0 Å². The molecule has 1 atom stereocenters. The number of carbonyl (C=O) groups excluding carboxylic acids is 2. The van der Waals surface area contributed by atoms with Gasteiger partial charge in [0.2, 0.25) is 11.8 Å². The highest BCUT2D eigenvalue weighted by Gasteiger charge is 2.32. The average molecular weight is 373 g/mol. The minimum absolute atomic E-state index is 0.0249. The van der Waals surface area contributed by atoms with Gasteiger partial charge in [0.15, 0.2) is 0 Å². The van der Waals surface area contributed by atoms with Gasteiger partial charge in [-0.15, -0.1) is 0 Å². The lowest BCUT2D eigenvalue weighted by Gasteiger charge is -2.39. The molecule has 0 aliphatic carbocycles. The van der Waals surface area contributed by atoms with E-state index in [-0.39, 0.29) is 23.8 Å². The molecular formula is C21H32N4O2. The highest BCUT2D eigenvalue weighted by molar-refractivity contribution is 5.92. The number of amides is 2. The van der Waals surface area contributed by atoms with Crippen molar-refractivity contribution in [2.75, 3.05) is 51.1 Å². The number of rotatable bonds is 5. The molecule has 2 aliphatic heterocycles. The van der Waals surface area contributed by atoms with Crippen LogP contribution in [0.4, 0.5) is 5.69 Å². The van der Waals surface area contributed by atoms with Crippen LogP contribution in [-0.4, -0.2) is 78.4 Å². The molecule has 2 heterocycles. The second kappa shape index (κ2) is 9.33. The Labute approximate surface area is 162 Å². The van der Waals surface area contributed by atoms with Crippen LogP contribution in [-0.2, 0) is 9.59 Å². The van der Waals surface area contributed by atoms with Crippen molar-refractivity contribution in [1.29, 1.82) is 0 Å². The maximum atomic E-state index is 12.8. The Balaban J connectivity index is 1.45. The van der Waals surface area contributed by atoms with Crippen molar-refractivity contribution in [3.05, 3.63) is 30.3 Å². The van der Waals surface area contributed by atoms with E-state index in [0.717, 1.165) is 64.3 Å². The predicted molar refractivity (Wildman–Crippen MR) is 108 cm³/mol. The van der Waals surface area contributed by atoms with Gasteiger partial charge in [0.1, 0.15) is 0 Å². The van der Waals surface area contributed by atoms with Crippen LogP contribution < -0.4 is 5.32 Å². The van der Waals surface area contributed by atoms with Crippen molar-refractivity contribution in [1.82, 2.24) is 14.7 Å². The van der Waals surface area contributed by atoms with Crippen LogP contribution in [0.15, 0.2) is 30.3 Å². The summed E-state index contributed by atoms with van der Waals surface area (Å²) in [5, 5.41) is 3.00. The largest absolute Gasteiger partial charge is 0.339 e. The van der Waals surface area contributed by atoms with E-state index in [2.05, 4.69) is 22.0 Å². The van der Waals surface area contributed by atoms with E-state index < -0.39 is 0 Å². The van der Waals surface area contributed by atoms with Crippen LogP contribution in [0.1, 0.15) is 26.7 Å². The second-order valence-electron chi connectivity index (χ2n) is 7.60. The second-order valence-corrected chi connectivity index (χ2v) is 7.60. The van der Waals surface area contributed by atoms with Crippen LogP contribution in [0, 0.1) is 5.92 Å². The van der Waals surface area contributed by atoms with Crippen molar-refractivity contribution in [2.45, 2.75) is 32.7 Å². The molecule has 2 amide bonds. The Morgan fingerprint density at radius 3 is 2.26 bits per heavy atom. The van der Waals surface area contributed by atoms with Crippen LogP contribution >= 0.6 is 0 Å². The molecule has 27 heavy (non-hydrogen) atoms. The number of hydrogen-bond donors (Lipinski definition) is 1. The highest BCUT2D eigenvalue weighted by atomic mass is 16.2. The van der Waals surface area contributed by atoms with Crippen molar-refractivity contribution in [2.24, 2.45) is 5.92 Å². The Morgan fingerprint density at radius 2 is 1.67 bits per heavy atom. The molecular weight excluding hydrogens is 340 g/mol. The molecule has 0 radical (unpaired) electrons. The Morgan fingerprint density at radius 1 is 1.04 bits per heavy atom. The quantitative estimate of drug-likeness (QED) is 0.858. The van der Waals surface area contributed by atoms with Gasteiger partial charge in [0.25, 0.3) is 0 Å². The summed E-state index contributed by atoms with van der Waals surface area (Å²) in [6.07, 6.45) is 1.61. The first-order valence-corrected chi connectivity index (χ1v) is 10.2. The third kappa shape index (κ3) is 5.08. The third-order valence-corrected chi connectivity index (χ3v) is 5.98. The number of likely N-dealkylation sites (N-methyl/N-ethyl adjacent to an activating group) is 1. The number of carbonyl (C=O) groups is 2. The number of nitrogens with one attached hydrogen (secondary N) is 1. The number of benzene rings is 1. The Kier molecular flexibility index (Phi) is 6.85. The molecule has 1 aromatic rings. The van der Waals surface area contributed by atoms with E-state index >= 15 is 0 Å². The topological polar surface area (TPSA) is 55.9 Å². The minimum Gasteiger partial charge on any atom is -0.339 e. The maximum absolute atomic E-state index is 12.8. The number of piperidine rings is 1. The molecule has 1 N–H and O–H groups in total. The van der Waals surface area contributed by atoms with E-state index in [1.165, 1.54) is 0 Å². The molecule has 0 bridgehead atoms. The first-order chi connectivity index (χ1) is 13.1. The smallest absolute Gasteiger partial charge is 0.239 e. The highest BCUT2D eigenvalue weighted by Crippen LogP contribution is 2.22. The molecule has 0 saturated carbocycles. The summed E-state index contributed by atoms with van der Waals surface area (Å²) in [7, 11) is 0. The summed E-state index contributed by atoms with van der Waals surface area (Å²) in [4.78, 5) is 31.9. The average Bonchev–Trinajstić information content (AvgIpc) is 2.73. The number of hydrogen-bond acceptors (Lipinski definition) is 4. The molecule has 148 valence electrons. The van der Waals surface area contributed by atoms with Gasteiger partial charge in [-0.1, -0.05) is 25.1 Å². The van der Waals surface area contributed by atoms with Crippen LogP contribution in [0.2, 0.25) is 0 Å². The molecule has 2 saturated heterocycles. The van der Waals surface area contributed by atoms with Crippen molar-refractivity contribution < 1.29 is 9.59 Å². The summed E-state index contributed by atoms with van der Waals surface area (Å²) in [6, 6.07) is 9.50. The molecule has 6 heteroatoms. The zero-order valence-electron chi connectivity index (χ0n) is 16.6. The third-order valence-electron chi connectivity index (χ3n) is 5.98. The number of para-hydroxylation sites is 1. The lowest BCUT2D eigenvalue weighted by Crippen LogP contribution is -2.55. The predicted octanol–water partition coefficient (Wildman–Crippen LogP) is 1.89. The summed E-state index contributed by atoms with van der Waals surface area (Å²) >= 11 is 0. The van der Waals surface area contributed by atoms with E-state index in [1.807, 2.05) is 42.2 Å². The number of likely N-dealkylation sites (tertiary alicyclic amines) is 1. The van der Waals surface area contributed by atoms with Gasteiger partial charge in [-0.2, -0.15) is 0 Å². The summed E-state index contributed by atoms with van der Waals surface area (Å²) in [6.45, 7) is 10.4. The maximum Gasteiger partial charge on any atom is 0.239 e. The van der Waals surface area contributed by atoms with Crippen molar-refractivity contribution in [3.63, 3.8) is 0 Å². The molecule has 2 fully saturated rings. The zero-order chi connectivity index (χ0) is 19.2. The molecule has 0 spiro atoms. The molecule has 0 unspecified atom stereocenters. The lowest BCUT2D eigenvalue weighted by atomic mass is 9.94. The molecule has 3 rings (SSSR count). The Hall–Kier alpha value is -1.92. The van der Waals surface area contributed by atoms with Gasteiger partial charge < -0.3 is 15.1 Å². The summed E-state index contributed by atoms with van der Waals surface area (Å²) in [5.41, 5.74) is 0.847. The van der Waals surface area contributed by atoms with Crippen molar-refractivity contribution >= 4 is 17.5 Å². The van der Waals surface area contributed by atoms with Gasteiger partial charge in [-0.25, -0.2) is 0 Å². The van der Waals surface area contributed by atoms with Gasteiger partial charge in [0, 0.05) is 37.8 Å². The first kappa shape index (κ1) is 19.8. The standard InChI is InChI=1S/C21H32N4O2/c1-3-23-13-15-25(16-14-23)21(27)17(2)24-11-9-18(10-12-24)20(26)22-19-7-5-4-6-8-19/h4-8,17-18H,3,9-16H2,1-2H3,(H,22,26)/t17-/m1/s1. The lowest BCUT2D eigenvalue weighted by molar-refractivity contribution is -0.138. The SMILES string of the molecule is CCN1CCN(C(=O)[C@@H](C)N2CCC(C(=O)Nc3ccccc3)CC2)CC1. The van der Waals surface area contributed by atoms with Crippen LogP contribution in [0.25, 0.3) is 0 Å². The van der Waals surface area contributed by atoms with Crippen molar-refractivity contribution in [3.8, 4) is 0 Å². The van der Waals surface area contributed by atoms with Crippen LogP contribution in [0.3, 0.4) is 0 Å². The summed E-state index contributed by atoms with van der Waals surface area (Å²) in [5.74, 6) is 0.352. The number of piperazine rings is 1. The first-order valence-electron chi connectivity index (χ1n) is 10.2. The van der Waals surface area contributed by atoms with Gasteiger partial charge in [0.05, 0.1) is 6.04 Å². The fourth-order valence-corrected chi connectivity index (χ4v) is 4.02. The molecule has 6 nitrogen and oxygen atoms in total. The van der Waals surface area contributed by atoms with E-state index in [9.17, 15) is 9.59 Å². The summed E-state index contributed by atoms with van der Waals surface area (Å²) < 4.78 is 0. The Bertz CT molecular complexity index is 620.